The maximum atomic E-state index is 11.7. The number of fused-ring (bicyclic) bond motifs is 1. The SMILES string of the molecule is CN1C(=O)NC(=O)C2C1NC(=NCCO)N2C. The monoisotopic (exact) mass is 241 g/mol. The molecule has 3 N–H and O–H groups in total. The Labute approximate surface area is 98.3 Å². The van der Waals surface area contributed by atoms with Gasteiger partial charge in [-0.25, -0.2) is 4.79 Å². The van der Waals surface area contributed by atoms with E-state index in [9.17, 15) is 9.59 Å². The standard InChI is InChI=1S/C9H15N5O3/c1-13-5-6(11-8(13)10-3-4-15)14(2)9(17)12-7(5)16/h5-6,15H,3-4H2,1-2H3,(H,10,11)(H,12,16,17). The maximum Gasteiger partial charge on any atom is 0.325 e. The summed E-state index contributed by atoms with van der Waals surface area (Å²) in [7, 11) is 3.33. The molecule has 94 valence electrons. The van der Waals surface area contributed by atoms with E-state index in [0.29, 0.717) is 5.96 Å². The molecule has 2 atom stereocenters. The predicted octanol–water partition coefficient (Wildman–Crippen LogP) is -2.25. The van der Waals surface area contributed by atoms with Gasteiger partial charge >= 0.3 is 6.03 Å². The summed E-state index contributed by atoms with van der Waals surface area (Å²) in [6.45, 7) is 0.195. The largest absolute Gasteiger partial charge is 0.394 e. The normalized spacial score (nSPS) is 30.4. The third-order valence-corrected chi connectivity index (χ3v) is 2.93. The molecule has 0 aliphatic carbocycles. The fourth-order valence-electron chi connectivity index (χ4n) is 1.99. The molecule has 3 amide bonds. The van der Waals surface area contributed by atoms with Crippen molar-refractivity contribution in [2.24, 2.45) is 4.99 Å². The van der Waals surface area contributed by atoms with Crippen LogP contribution in [-0.4, -0.2) is 72.3 Å². The summed E-state index contributed by atoms with van der Waals surface area (Å²) in [5.74, 6) is 0.160. The second-order valence-corrected chi connectivity index (χ2v) is 3.98. The van der Waals surface area contributed by atoms with Crippen molar-refractivity contribution in [3.05, 3.63) is 0 Å². The number of carbonyl (C=O) groups is 2. The number of amides is 3. The number of nitrogens with zero attached hydrogens (tertiary/aromatic N) is 3. The van der Waals surface area contributed by atoms with Crippen LogP contribution in [0, 0.1) is 0 Å². The summed E-state index contributed by atoms with van der Waals surface area (Å²) in [6, 6.07) is -0.921. The van der Waals surface area contributed by atoms with Gasteiger partial charge in [0.1, 0.15) is 12.2 Å². The molecule has 2 unspecified atom stereocenters. The molecule has 0 aromatic rings. The van der Waals surface area contributed by atoms with Gasteiger partial charge in [0.15, 0.2) is 5.96 Å². The number of hydrogen-bond donors (Lipinski definition) is 3. The van der Waals surface area contributed by atoms with Gasteiger partial charge in [0.25, 0.3) is 5.91 Å². The Balaban J connectivity index is 2.23. The maximum absolute atomic E-state index is 11.7. The van der Waals surface area contributed by atoms with Gasteiger partial charge in [-0.2, -0.15) is 0 Å². The van der Waals surface area contributed by atoms with E-state index in [-0.39, 0.29) is 19.1 Å². The van der Waals surface area contributed by atoms with Crippen LogP contribution in [0.5, 0.6) is 0 Å². The lowest BCUT2D eigenvalue weighted by Gasteiger charge is -2.34. The zero-order valence-electron chi connectivity index (χ0n) is 9.67. The average Bonchev–Trinajstić information content (AvgIpc) is 2.61. The number of hydrogen-bond acceptors (Lipinski definition) is 4. The summed E-state index contributed by atoms with van der Waals surface area (Å²) in [5, 5.41) is 14.0. The van der Waals surface area contributed by atoms with E-state index in [1.807, 2.05) is 0 Å². The van der Waals surface area contributed by atoms with Crippen LogP contribution in [0.25, 0.3) is 0 Å². The van der Waals surface area contributed by atoms with Gasteiger partial charge in [0, 0.05) is 14.1 Å². The average molecular weight is 241 g/mol. The Morgan fingerprint density at radius 2 is 2.06 bits per heavy atom. The minimum Gasteiger partial charge on any atom is -0.394 e. The molecule has 0 aromatic carbocycles. The molecule has 2 fully saturated rings. The van der Waals surface area contributed by atoms with E-state index in [1.165, 1.54) is 4.90 Å². The molecule has 0 bridgehead atoms. The number of aliphatic hydroxyl groups is 1. The molecular formula is C9H15N5O3. The third-order valence-electron chi connectivity index (χ3n) is 2.93. The van der Waals surface area contributed by atoms with Gasteiger partial charge in [-0.1, -0.05) is 0 Å². The van der Waals surface area contributed by atoms with Crippen molar-refractivity contribution in [2.45, 2.75) is 12.2 Å². The van der Waals surface area contributed by atoms with E-state index >= 15 is 0 Å². The number of nitrogens with one attached hydrogen (secondary N) is 2. The smallest absolute Gasteiger partial charge is 0.325 e. The molecule has 2 heterocycles. The van der Waals surface area contributed by atoms with Crippen LogP contribution < -0.4 is 10.6 Å². The van der Waals surface area contributed by atoms with E-state index in [2.05, 4.69) is 15.6 Å². The lowest BCUT2D eigenvalue weighted by atomic mass is 10.1. The summed E-state index contributed by atoms with van der Waals surface area (Å²) >= 11 is 0. The Kier molecular flexibility index (Phi) is 2.88. The number of carbonyl (C=O) groups excluding carboxylic acids is 2. The number of rotatable bonds is 2. The molecule has 0 radical (unpaired) electrons. The summed E-state index contributed by atoms with van der Waals surface area (Å²) in [4.78, 5) is 30.3. The van der Waals surface area contributed by atoms with Crippen LogP contribution in [0.3, 0.4) is 0 Å². The highest BCUT2D eigenvalue weighted by atomic mass is 16.3. The van der Waals surface area contributed by atoms with Crippen molar-refractivity contribution in [3.63, 3.8) is 0 Å². The first-order valence-electron chi connectivity index (χ1n) is 5.28. The van der Waals surface area contributed by atoms with Gasteiger partial charge in [0.05, 0.1) is 13.2 Å². The third kappa shape index (κ3) is 1.80. The number of aliphatic imine (C=N–C) groups is 1. The Bertz CT molecular complexity index is 383. The minimum atomic E-state index is -0.491. The topological polar surface area (TPSA) is 97.3 Å². The van der Waals surface area contributed by atoms with Crippen LogP contribution in [0.1, 0.15) is 0 Å². The fourth-order valence-corrected chi connectivity index (χ4v) is 1.99. The van der Waals surface area contributed by atoms with Crippen LogP contribution in [0.4, 0.5) is 4.79 Å². The highest BCUT2D eigenvalue weighted by Gasteiger charge is 2.48. The van der Waals surface area contributed by atoms with Crippen LogP contribution in [-0.2, 0) is 4.79 Å². The fraction of sp³-hybridized carbons (Fsp3) is 0.667. The van der Waals surface area contributed by atoms with Crippen molar-refractivity contribution in [2.75, 3.05) is 27.2 Å². The van der Waals surface area contributed by atoms with Crippen LogP contribution in [0.2, 0.25) is 0 Å². The lowest BCUT2D eigenvalue weighted by Crippen LogP contribution is -2.64. The molecule has 17 heavy (non-hydrogen) atoms. The summed E-state index contributed by atoms with van der Waals surface area (Å²) < 4.78 is 0. The second kappa shape index (κ2) is 4.21. The van der Waals surface area contributed by atoms with Crippen molar-refractivity contribution >= 4 is 17.9 Å². The van der Waals surface area contributed by atoms with E-state index < -0.39 is 18.2 Å². The number of likely N-dealkylation sites (N-methyl/N-ethyl adjacent to an activating group) is 2. The Morgan fingerprint density at radius 3 is 2.71 bits per heavy atom. The molecule has 0 saturated carbocycles. The number of aliphatic hydroxyl groups excluding tert-OH is 1. The quantitative estimate of drug-likeness (QED) is 0.507. The summed E-state index contributed by atoms with van der Waals surface area (Å²) in [6.07, 6.45) is -0.418. The van der Waals surface area contributed by atoms with E-state index in [4.69, 9.17) is 5.11 Å². The zero-order chi connectivity index (χ0) is 12.6. The molecule has 2 saturated heterocycles. The minimum absolute atomic E-state index is 0.0602. The number of urea groups is 1. The summed E-state index contributed by atoms with van der Waals surface area (Å²) in [5.41, 5.74) is 0. The number of guanidine groups is 1. The predicted molar refractivity (Wildman–Crippen MR) is 59.2 cm³/mol. The van der Waals surface area contributed by atoms with Gasteiger partial charge in [-0.05, 0) is 0 Å². The molecule has 2 rings (SSSR count). The van der Waals surface area contributed by atoms with Crippen molar-refractivity contribution in [1.82, 2.24) is 20.4 Å². The van der Waals surface area contributed by atoms with Crippen molar-refractivity contribution in [1.29, 1.82) is 0 Å². The van der Waals surface area contributed by atoms with Gasteiger partial charge in [-0.15, -0.1) is 0 Å². The van der Waals surface area contributed by atoms with Gasteiger partial charge in [-0.3, -0.25) is 15.1 Å². The second-order valence-electron chi connectivity index (χ2n) is 3.98. The first-order valence-corrected chi connectivity index (χ1v) is 5.28. The molecule has 2 aliphatic heterocycles. The molecule has 0 aromatic heterocycles. The van der Waals surface area contributed by atoms with Gasteiger partial charge < -0.3 is 20.2 Å². The number of imide groups is 1. The van der Waals surface area contributed by atoms with Crippen molar-refractivity contribution in [3.8, 4) is 0 Å². The molecule has 8 heteroatoms. The van der Waals surface area contributed by atoms with E-state index in [1.54, 1.807) is 19.0 Å². The highest BCUT2D eigenvalue weighted by Crippen LogP contribution is 2.18. The van der Waals surface area contributed by atoms with Crippen molar-refractivity contribution < 1.29 is 14.7 Å². The Morgan fingerprint density at radius 1 is 1.35 bits per heavy atom. The molecule has 2 aliphatic rings. The molecular weight excluding hydrogens is 226 g/mol. The zero-order valence-corrected chi connectivity index (χ0v) is 9.67. The van der Waals surface area contributed by atoms with Gasteiger partial charge in [0.2, 0.25) is 0 Å². The lowest BCUT2D eigenvalue weighted by molar-refractivity contribution is -0.126. The van der Waals surface area contributed by atoms with E-state index in [0.717, 1.165) is 0 Å². The Hall–Kier alpha value is -1.83. The van der Waals surface area contributed by atoms with Crippen LogP contribution in [0.15, 0.2) is 4.99 Å². The first kappa shape index (κ1) is 11.6. The molecule has 8 nitrogen and oxygen atoms in total. The highest BCUT2D eigenvalue weighted by molar-refractivity contribution is 6.04. The van der Waals surface area contributed by atoms with Crippen LogP contribution >= 0.6 is 0 Å². The first-order chi connectivity index (χ1) is 8.06. The molecule has 0 spiro atoms.